The maximum atomic E-state index is 13.0. The van der Waals surface area contributed by atoms with Crippen molar-refractivity contribution in [3.05, 3.63) is 58.1 Å². The highest BCUT2D eigenvalue weighted by Crippen LogP contribution is 2.43. The number of phenols is 2. The van der Waals surface area contributed by atoms with E-state index >= 15 is 0 Å². The molecular formula is C23H24O8. The predicted molar refractivity (Wildman–Crippen MR) is 108 cm³/mol. The molecule has 1 fully saturated rings. The smallest absolute Gasteiger partial charge is 0.198 e. The third-order valence-corrected chi connectivity index (χ3v) is 5.93. The molecule has 0 radical (unpaired) electrons. The molecule has 0 unspecified atom stereocenters. The number of carbonyl (C=O) groups excluding carboxylic acids is 2. The molecule has 1 aliphatic heterocycles. The molecule has 8 nitrogen and oxygen atoms in total. The number of ketones is 2. The second-order valence-corrected chi connectivity index (χ2v) is 7.84. The van der Waals surface area contributed by atoms with Crippen LogP contribution in [-0.4, -0.2) is 58.6 Å². The molecule has 0 saturated carbocycles. The number of hydrogen-bond donors (Lipinski definition) is 3. The van der Waals surface area contributed by atoms with Crippen LogP contribution < -0.4 is 0 Å². The fourth-order valence-electron chi connectivity index (χ4n) is 4.22. The minimum Gasteiger partial charge on any atom is -0.507 e. The van der Waals surface area contributed by atoms with Gasteiger partial charge in [0.2, 0.25) is 0 Å². The number of fused-ring (bicyclic) bond motifs is 2. The summed E-state index contributed by atoms with van der Waals surface area (Å²) in [6.07, 6.45) is -3.09. The Balaban J connectivity index is 1.67. The summed E-state index contributed by atoms with van der Waals surface area (Å²) in [5, 5.41) is 31.6. The zero-order valence-electron chi connectivity index (χ0n) is 17.4. The van der Waals surface area contributed by atoms with Gasteiger partial charge < -0.3 is 29.5 Å². The molecule has 2 aromatic carbocycles. The largest absolute Gasteiger partial charge is 0.507 e. The SMILES string of the molecule is CO[C@H]1C[C@H](O[C@@H](C)c2cc(O)c3c(c2O)C(=O)c2ccccc2C3=O)O[C@@H](C)[C@@H]1O. The molecule has 2 aromatic rings. The second-order valence-electron chi connectivity index (χ2n) is 7.84. The number of rotatable bonds is 4. The van der Waals surface area contributed by atoms with E-state index in [0.717, 1.165) is 0 Å². The number of aromatic hydroxyl groups is 2. The van der Waals surface area contributed by atoms with Gasteiger partial charge in [-0.15, -0.1) is 0 Å². The number of carbonyl (C=O) groups is 2. The van der Waals surface area contributed by atoms with Crippen molar-refractivity contribution in [2.45, 2.75) is 51.0 Å². The van der Waals surface area contributed by atoms with Crippen LogP contribution in [0.25, 0.3) is 0 Å². The van der Waals surface area contributed by atoms with Gasteiger partial charge in [-0.3, -0.25) is 9.59 Å². The summed E-state index contributed by atoms with van der Waals surface area (Å²) >= 11 is 0. The van der Waals surface area contributed by atoms with E-state index in [9.17, 15) is 24.9 Å². The molecule has 1 saturated heterocycles. The van der Waals surface area contributed by atoms with E-state index in [4.69, 9.17) is 14.2 Å². The third-order valence-electron chi connectivity index (χ3n) is 5.93. The van der Waals surface area contributed by atoms with E-state index in [1.54, 1.807) is 26.0 Å². The van der Waals surface area contributed by atoms with Crippen molar-refractivity contribution >= 4 is 11.6 Å². The predicted octanol–water partition coefficient (Wildman–Crippen LogP) is 2.46. The minimum atomic E-state index is -0.801. The summed E-state index contributed by atoms with van der Waals surface area (Å²) in [6, 6.07) is 7.51. The lowest BCUT2D eigenvalue weighted by Gasteiger charge is -2.38. The van der Waals surface area contributed by atoms with Crippen molar-refractivity contribution < 1.29 is 39.1 Å². The maximum Gasteiger partial charge on any atom is 0.198 e. The molecule has 0 aromatic heterocycles. The van der Waals surface area contributed by atoms with Crippen LogP contribution in [0.3, 0.4) is 0 Å². The van der Waals surface area contributed by atoms with E-state index in [2.05, 4.69) is 0 Å². The van der Waals surface area contributed by atoms with Crippen LogP contribution in [0.5, 0.6) is 11.5 Å². The summed E-state index contributed by atoms with van der Waals surface area (Å²) in [7, 11) is 1.49. The lowest BCUT2D eigenvalue weighted by atomic mass is 9.81. The molecule has 0 spiro atoms. The highest BCUT2D eigenvalue weighted by Gasteiger charge is 2.39. The van der Waals surface area contributed by atoms with Gasteiger partial charge in [-0.25, -0.2) is 0 Å². The van der Waals surface area contributed by atoms with E-state index in [-0.39, 0.29) is 34.2 Å². The molecule has 2 aliphatic rings. The van der Waals surface area contributed by atoms with Gasteiger partial charge in [0.05, 0.1) is 29.4 Å². The van der Waals surface area contributed by atoms with Gasteiger partial charge in [-0.2, -0.15) is 0 Å². The summed E-state index contributed by atoms with van der Waals surface area (Å²) in [5.74, 6) is -1.90. The molecule has 164 valence electrons. The molecular weight excluding hydrogens is 404 g/mol. The number of benzene rings is 2. The van der Waals surface area contributed by atoms with Crippen molar-refractivity contribution in [1.82, 2.24) is 0 Å². The van der Waals surface area contributed by atoms with Gasteiger partial charge in [-0.05, 0) is 19.9 Å². The van der Waals surface area contributed by atoms with E-state index in [0.29, 0.717) is 0 Å². The van der Waals surface area contributed by atoms with Crippen molar-refractivity contribution in [3.63, 3.8) is 0 Å². The summed E-state index contributed by atoms with van der Waals surface area (Å²) in [5.41, 5.74) is 0.0370. The lowest BCUT2D eigenvalue weighted by molar-refractivity contribution is -0.262. The highest BCUT2D eigenvalue weighted by molar-refractivity contribution is 6.30. The number of phenolic OH excluding ortho intramolecular Hbond substituents is 2. The van der Waals surface area contributed by atoms with Crippen molar-refractivity contribution in [2.75, 3.05) is 7.11 Å². The average molecular weight is 428 g/mol. The first-order chi connectivity index (χ1) is 14.7. The van der Waals surface area contributed by atoms with Crippen molar-refractivity contribution in [3.8, 4) is 11.5 Å². The van der Waals surface area contributed by atoms with Crippen LogP contribution in [-0.2, 0) is 14.2 Å². The Hall–Kier alpha value is -2.78. The number of ether oxygens (including phenoxy) is 3. The van der Waals surface area contributed by atoms with Crippen molar-refractivity contribution in [1.29, 1.82) is 0 Å². The molecule has 3 N–H and O–H groups in total. The fourth-order valence-corrected chi connectivity index (χ4v) is 4.22. The zero-order chi connectivity index (χ0) is 22.4. The van der Waals surface area contributed by atoms with Crippen LogP contribution >= 0.6 is 0 Å². The molecule has 31 heavy (non-hydrogen) atoms. The molecule has 1 heterocycles. The van der Waals surface area contributed by atoms with Gasteiger partial charge in [0.1, 0.15) is 17.6 Å². The van der Waals surface area contributed by atoms with E-state index < -0.39 is 53.8 Å². The van der Waals surface area contributed by atoms with Gasteiger partial charge in [-0.1, -0.05) is 24.3 Å². The summed E-state index contributed by atoms with van der Waals surface area (Å²) < 4.78 is 16.9. The van der Waals surface area contributed by atoms with Crippen LogP contribution in [0, 0.1) is 0 Å². The maximum absolute atomic E-state index is 13.0. The monoisotopic (exact) mass is 428 g/mol. The quantitative estimate of drug-likeness (QED) is 0.542. The first kappa shape index (κ1) is 21.5. The molecule has 0 bridgehead atoms. The lowest BCUT2D eigenvalue weighted by Crippen LogP contribution is -2.48. The third kappa shape index (κ3) is 3.51. The molecule has 1 aliphatic carbocycles. The number of aliphatic hydroxyl groups excluding tert-OH is 1. The Morgan fingerprint density at radius 2 is 1.71 bits per heavy atom. The number of aliphatic hydroxyl groups is 1. The Bertz CT molecular complexity index is 1050. The number of methoxy groups -OCH3 is 1. The first-order valence-electron chi connectivity index (χ1n) is 10.0. The fraction of sp³-hybridized carbons (Fsp3) is 0.391. The van der Waals surface area contributed by atoms with Gasteiger partial charge >= 0.3 is 0 Å². The minimum absolute atomic E-state index is 0.146. The average Bonchev–Trinajstić information content (AvgIpc) is 2.75. The van der Waals surface area contributed by atoms with Crippen LogP contribution in [0.4, 0.5) is 0 Å². The topological polar surface area (TPSA) is 123 Å². The van der Waals surface area contributed by atoms with Gasteiger partial charge in [0.15, 0.2) is 17.9 Å². The second kappa shape index (κ2) is 8.05. The summed E-state index contributed by atoms with van der Waals surface area (Å²) in [6.45, 7) is 3.33. The van der Waals surface area contributed by atoms with Crippen molar-refractivity contribution in [2.24, 2.45) is 0 Å². The Kier molecular flexibility index (Phi) is 5.57. The number of hydrogen-bond acceptors (Lipinski definition) is 8. The molecule has 4 rings (SSSR count). The molecule has 0 amide bonds. The Morgan fingerprint density at radius 1 is 1.10 bits per heavy atom. The van der Waals surface area contributed by atoms with Gasteiger partial charge in [0, 0.05) is 30.2 Å². The summed E-state index contributed by atoms with van der Waals surface area (Å²) in [4.78, 5) is 25.9. The van der Waals surface area contributed by atoms with E-state index in [1.807, 2.05) is 0 Å². The molecule has 8 heteroatoms. The normalized spacial score (nSPS) is 26.3. The Labute approximate surface area is 179 Å². The standard InChI is InChI=1S/C23H24O8/c1-10(30-17-9-16(29-3)20(25)11(2)31-17)14-8-15(24)18-19(23(14)28)22(27)13-7-5-4-6-12(13)21(18)26/h4-8,10-11,16-17,20,24-25,28H,9H2,1-3H3/t10-,11-,16-,17+,20-/m0/s1. The van der Waals surface area contributed by atoms with E-state index in [1.165, 1.54) is 25.3 Å². The van der Waals surface area contributed by atoms with Gasteiger partial charge in [0.25, 0.3) is 0 Å². The van der Waals surface area contributed by atoms with Crippen LogP contribution in [0.15, 0.2) is 30.3 Å². The zero-order valence-corrected chi connectivity index (χ0v) is 17.4. The van der Waals surface area contributed by atoms with Crippen LogP contribution in [0.2, 0.25) is 0 Å². The first-order valence-corrected chi connectivity index (χ1v) is 10.0. The molecule has 5 atom stereocenters. The Morgan fingerprint density at radius 3 is 2.32 bits per heavy atom. The highest BCUT2D eigenvalue weighted by atomic mass is 16.7. The van der Waals surface area contributed by atoms with Crippen LogP contribution in [0.1, 0.15) is 63.8 Å².